The Morgan fingerprint density at radius 3 is 2.71 bits per heavy atom. The monoisotopic (exact) mass is 286 g/mol. The number of nitrogen functional groups attached to an aromatic ring is 1. The van der Waals surface area contributed by atoms with E-state index >= 15 is 0 Å². The quantitative estimate of drug-likeness (QED) is 0.812. The minimum absolute atomic E-state index is 0.302. The van der Waals surface area contributed by atoms with Crippen molar-refractivity contribution in [1.29, 1.82) is 0 Å². The Bertz CT molecular complexity index is 556. The summed E-state index contributed by atoms with van der Waals surface area (Å²) in [5.41, 5.74) is 8.17. The molecule has 2 aromatic heterocycles. The first-order chi connectivity index (χ1) is 10.2. The number of anilines is 1. The smallest absolute Gasteiger partial charge is 0.212 e. The van der Waals surface area contributed by atoms with Crippen molar-refractivity contribution in [3.8, 4) is 5.88 Å². The Labute approximate surface area is 125 Å². The van der Waals surface area contributed by atoms with E-state index in [-0.39, 0.29) is 0 Å². The fourth-order valence-electron chi connectivity index (χ4n) is 2.33. The van der Waals surface area contributed by atoms with Gasteiger partial charge in [-0.25, -0.2) is 9.97 Å². The van der Waals surface area contributed by atoms with Gasteiger partial charge in [-0.15, -0.1) is 0 Å². The number of hydrogen-bond acceptors (Lipinski definition) is 5. The van der Waals surface area contributed by atoms with Crippen LogP contribution < -0.4 is 15.8 Å². The molecule has 0 amide bonds. The maximum Gasteiger partial charge on any atom is 0.212 e. The second kappa shape index (κ2) is 7.59. The summed E-state index contributed by atoms with van der Waals surface area (Å²) >= 11 is 0. The summed E-state index contributed by atoms with van der Waals surface area (Å²) < 4.78 is 5.08. The average molecular weight is 286 g/mol. The number of likely N-dealkylation sites (N-methyl/N-ethyl adjacent to an activating group) is 1. The topological polar surface area (TPSA) is 73.1 Å². The zero-order valence-electron chi connectivity index (χ0n) is 12.5. The standard InChI is InChI=1S/C16H22N4O/c1-3-18-14(10-13-5-4-8-19-16(13)17)9-12-6-7-15(21-2)20-11-12/h4-8,11,14,18H,3,9-10H2,1-2H3,(H2,17,19). The molecule has 0 aliphatic heterocycles. The van der Waals surface area contributed by atoms with Crippen LogP contribution in [0.4, 0.5) is 5.82 Å². The second-order valence-electron chi connectivity index (χ2n) is 4.92. The highest BCUT2D eigenvalue weighted by Crippen LogP contribution is 2.14. The molecular weight excluding hydrogens is 264 g/mol. The lowest BCUT2D eigenvalue weighted by Crippen LogP contribution is -2.33. The number of methoxy groups -OCH3 is 1. The van der Waals surface area contributed by atoms with Gasteiger partial charge < -0.3 is 15.8 Å². The molecule has 0 spiro atoms. The number of nitrogens with zero attached hydrogens (tertiary/aromatic N) is 2. The third-order valence-electron chi connectivity index (χ3n) is 3.37. The number of hydrogen-bond donors (Lipinski definition) is 2. The largest absolute Gasteiger partial charge is 0.481 e. The molecule has 0 fully saturated rings. The Kier molecular flexibility index (Phi) is 5.51. The van der Waals surface area contributed by atoms with E-state index in [2.05, 4.69) is 22.2 Å². The van der Waals surface area contributed by atoms with Gasteiger partial charge in [0.2, 0.25) is 5.88 Å². The van der Waals surface area contributed by atoms with Gasteiger partial charge in [0.1, 0.15) is 5.82 Å². The van der Waals surface area contributed by atoms with Gasteiger partial charge in [-0.1, -0.05) is 19.1 Å². The molecule has 1 atom stereocenters. The summed E-state index contributed by atoms with van der Waals surface area (Å²) in [6.07, 6.45) is 5.31. The summed E-state index contributed by atoms with van der Waals surface area (Å²) in [5, 5.41) is 3.49. The molecule has 0 aliphatic carbocycles. The number of rotatable bonds is 7. The van der Waals surface area contributed by atoms with Gasteiger partial charge in [-0.2, -0.15) is 0 Å². The van der Waals surface area contributed by atoms with Crippen LogP contribution in [-0.2, 0) is 12.8 Å². The number of pyridine rings is 2. The van der Waals surface area contributed by atoms with E-state index in [1.165, 1.54) is 5.56 Å². The molecule has 3 N–H and O–H groups in total. The van der Waals surface area contributed by atoms with E-state index < -0.39 is 0 Å². The van der Waals surface area contributed by atoms with Crippen LogP contribution in [0.15, 0.2) is 36.7 Å². The minimum atomic E-state index is 0.302. The van der Waals surface area contributed by atoms with Gasteiger partial charge >= 0.3 is 0 Å². The first kappa shape index (κ1) is 15.3. The molecule has 2 rings (SSSR count). The molecule has 1 unspecified atom stereocenters. The molecule has 112 valence electrons. The van der Waals surface area contributed by atoms with E-state index in [1.807, 2.05) is 30.5 Å². The lowest BCUT2D eigenvalue weighted by molar-refractivity contribution is 0.397. The summed E-state index contributed by atoms with van der Waals surface area (Å²) in [6, 6.07) is 8.18. The van der Waals surface area contributed by atoms with Gasteiger partial charge in [0, 0.05) is 24.5 Å². The zero-order chi connectivity index (χ0) is 15.1. The van der Waals surface area contributed by atoms with Gasteiger partial charge in [0.05, 0.1) is 7.11 Å². The van der Waals surface area contributed by atoms with Crippen molar-refractivity contribution in [2.24, 2.45) is 0 Å². The van der Waals surface area contributed by atoms with E-state index in [1.54, 1.807) is 13.3 Å². The molecule has 0 aliphatic rings. The third kappa shape index (κ3) is 4.43. The van der Waals surface area contributed by atoms with Crippen molar-refractivity contribution in [1.82, 2.24) is 15.3 Å². The predicted octanol–water partition coefficient (Wildman–Crippen LogP) is 1.83. The fraction of sp³-hybridized carbons (Fsp3) is 0.375. The van der Waals surface area contributed by atoms with Crippen molar-refractivity contribution in [3.63, 3.8) is 0 Å². The van der Waals surface area contributed by atoms with Gasteiger partial charge in [0.25, 0.3) is 0 Å². The molecule has 2 heterocycles. The molecule has 0 radical (unpaired) electrons. The predicted molar refractivity (Wildman–Crippen MR) is 84.3 cm³/mol. The summed E-state index contributed by atoms with van der Waals surface area (Å²) in [7, 11) is 1.62. The molecular formula is C16H22N4O. The molecule has 2 aromatic rings. The SMILES string of the molecule is CCNC(Cc1ccc(OC)nc1)Cc1cccnc1N. The summed E-state index contributed by atoms with van der Waals surface area (Å²) in [5.74, 6) is 1.24. The van der Waals surface area contributed by atoms with Crippen molar-refractivity contribution >= 4 is 5.82 Å². The summed E-state index contributed by atoms with van der Waals surface area (Å²) in [4.78, 5) is 8.39. The van der Waals surface area contributed by atoms with E-state index in [0.29, 0.717) is 17.7 Å². The first-order valence-corrected chi connectivity index (χ1v) is 7.14. The lowest BCUT2D eigenvalue weighted by Gasteiger charge is -2.18. The Morgan fingerprint density at radius 2 is 2.10 bits per heavy atom. The van der Waals surface area contributed by atoms with Crippen LogP contribution in [0.25, 0.3) is 0 Å². The fourth-order valence-corrected chi connectivity index (χ4v) is 2.33. The number of nitrogens with one attached hydrogen (secondary N) is 1. The molecule has 0 saturated heterocycles. The van der Waals surface area contributed by atoms with E-state index in [9.17, 15) is 0 Å². The molecule has 5 heteroatoms. The zero-order valence-corrected chi connectivity index (χ0v) is 12.5. The number of ether oxygens (including phenoxy) is 1. The Morgan fingerprint density at radius 1 is 1.24 bits per heavy atom. The van der Waals surface area contributed by atoms with Crippen molar-refractivity contribution < 1.29 is 4.74 Å². The highest BCUT2D eigenvalue weighted by Gasteiger charge is 2.12. The van der Waals surface area contributed by atoms with Crippen LogP contribution in [0.2, 0.25) is 0 Å². The molecule has 5 nitrogen and oxygen atoms in total. The number of aromatic nitrogens is 2. The highest BCUT2D eigenvalue weighted by atomic mass is 16.5. The van der Waals surface area contributed by atoms with E-state index in [0.717, 1.165) is 24.9 Å². The second-order valence-corrected chi connectivity index (χ2v) is 4.92. The van der Waals surface area contributed by atoms with Crippen LogP contribution in [0.3, 0.4) is 0 Å². The molecule has 0 saturated carbocycles. The van der Waals surface area contributed by atoms with Gasteiger partial charge in [0.15, 0.2) is 0 Å². The Balaban J connectivity index is 2.06. The maximum atomic E-state index is 5.93. The molecule has 21 heavy (non-hydrogen) atoms. The van der Waals surface area contributed by atoms with E-state index in [4.69, 9.17) is 10.5 Å². The van der Waals surface area contributed by atoms with Crippen molar-refractivity contribution in [3.05, 3.63) is 47.8 Å². The van der Waals surface area contributed by atoms with Crippen LogP contribution in [0, 0.1) is 0 Å². The normalized spacial score (nSPS) is 12.1. The van der Waals surface area contributed by atoms with Crippen LogP contribution in [-0.4, -0.2) is 29.7 Å². The van der Waals surface area contributed by atoms with Gasteiger partial charge in [-0.05, 0) is 36.6 Å². The Hall–Kier alpha value is -2.14. The highest BCUT2D eigenvalue weighted by molar-refractivity contribution is 5.39. The van der Waals surface area contributed by atoms with Crippen molar-refractivity contribution in [2.45, 2.75) is 25.8 Å². The maximum absolute atomic E-state index is 5.93. The van der Waals surface area contributed by atoms with Crippen LogP contribution in [0.5, 0.6) is 5.88 Å². The number of nitrogens with two attached hydrogens (primary N) is 1. The minimum Gasteiger partial charge on any atom is -0.481 e. The third-order valence-corrected chi connectivity index (χ3v) is 3.37. The summed E-state index contributed by atoms with van der Waals surface area (Å²) in [6.45, 7) is 3.01. The van der Waals surface area contributed by atoms with Crippen molar-refractivity contribution in [2.75, 3.05) is 19.4 Å². The average Bonchev–Trinajstić information content (AvgIpc) is 2.50. The molecule has 0 aromatic carbocycles. The van der Waals surface area contributed by atoms with Crippen LogP contribution >= 0.6 is 0 Å². The van der Waals surface area contributed by atoms with Crippen LogP contribution in [0.1, 0.15) is 18.1 Å². The molecule has 0 bridgehead atoms. The van der Waals surface area contributed by atoms with Gasteiger partial charge in [-0.3, -0.25) is 0 Å². The lowest BCUT2D eigenvalue weighted by atomic mass is 10.00. The first-order valence-electron chi connectivity index (χ1n) is 7.14.